The Bertz CT molecular complexity index is 889. The summed E-state index contributed by atoms with van der Waals surface area (Å²) < 4.78 is 11.3. The first-order valence-corrected chi connectivity index (χ1v) is 10.3. The van der Waals surface area contributed by atoms with Crippen LogP contribution < -0.4 is 19.7 Å². The van der Waals surface area contributed by atoms with Crippen LogP contribution in [-0.2, 0) is 0 Å². The van der Waals surface area contributed by atoms with E-state index < -0.39 is 0 Å². The fourth-order valence-electron chi connectivity index (χ4n) is 3.92. The number of aryl methyl sites for hydroxylation is 1. The second-order valence-electron chi connectivity index (χ2n) is 7.93. The van der Waals surface area contributed by atoms with Crippen molar-refractivity contribution in [3.8, 4) is 11.5 Å². The molecule has 2 aliphatic rings. The van der Waals surface area contributed by atoms with E-state index in [1.807, 2.05) is 36.1 Å². The van der Waals surface area contributed by atoms with E-state index in [2.05, 4.69) is 36.2 Å². The third-order valence-corrected chi connectivity index (χ3v) is 5.62. The summed E-state index contributed by atoms with van der Waals surface area (Å²) in [5, 5.41) is 3.16. The number of anilines is 2. The summed E-state index contributed by atoms with van der Waals surface area (Å²) in [5.41, 5.74) is 4.32. The number of ether oxygens (including phenoxy) is 2. The maximum Gasteiger partial charge on any atom is 0.321 e. The fraction of sp³-hybridized carbons (Fsp3) is 0.435. The molecule has 0 saturated carbocycles. The second-order valence-corrected chi connectivity index (χ2v) is 7.93. The quantitative estimate of drug-likeness (QED) is 0.844. The van der Waals surface area contributed by atoms with E-state index in [4.69, 9.17) is 9.47 Å². The molecule has 6 nitrogen and oxygen atoms in total. The van der Waals surface area contributed by atoms with Gasteiger partial charge in [0.2, 0.25) is 0 Å². The topological polar surface area (TPSA) is 54.0 Å². The molecule has 0 radical (unpaired) electrons. The number of nitrogens with zero attached hydrogens (tertiary/aromatic N) is 2. The smallest absolute Gasteiger partial charge is 0.321 e. The first-order valence-electron chi connectivity index (χ1n) is 10.3. The van der Waals surface area contributed by atoms with E-state index in [1.54, 1.807) is 0 Å². The molecule has 0 unspecified atom stereocenters. The van der Waals surface area contributed by atoms with Crippen LogP contribution in [0.5, 0.6) is 11.5 Å². The van der Waals surface area contributed by atoms with Gasteiger partial charge in [0.1, 0.15) is 13.2 Å². The monoisotopic (exact) mass is 395 g/mol. The van der Waals surface area contributed by atoms with E-state index >= 15 is 0 Å². The molecular weight excluding hydrogens is 366 g/mol. The third kappa shape index (κ3) is 4.11. The molecule has 0 aliphatic carbocycles. The van der Waals surface area contributed by atoms with Crippen molar-refractivity contribution >= 4 is 17.4 Å². The van der Waals surface area contributed by atoms with Crippen LogP contribution in [0.15, 0.2) is 36.4 Å². The SMILES string of the molecule is Cc1cccc(C(C)C)c1NC(=O)N1CCN(c2ccc3c(c2)OCCO3)CC1. The first kappa shape index (κ1) is 19.4. The minimum absolute atomic E-state index is 0.0250. The number of hydrogen-bond acceptors (Lipinski definition) is 4. The number of nitrogens with one attached hydrogen (secondary N) is 1. The van der Waals surface area contributed by atoms with Crippen molar-refractivity contribution in [2.75, 3.05) is 49.6 Å². The highest BCUT2D eigenvalue weighted by atomic mass is 16.6. The van der Waals surface area contributed by atoms with Gasteiger partial charge in [0.05, 0.1) is 0 Å². The van der Waals surface area contributed by atoms with Gasteiger partial charge in [-0.05, 0) is 36.1 Å². The minimum Gasteiger partial charge on any atom is -0.486 e. The molecule has 29 heavy (non-hydrogen) atoms. The number of hydrogen-bond donors (Lipinski definition) is 1. The van der Waals surface area contributed by atoms with Crippen molar-refractivity contribution in [3.05, 3.63) is 47.5 Å². The maximum atomic E-state index is 12.9. The van der Waals surface area contributed by atoms with Crippen LogP contribution in [0.1, 0.15) is 30.9 Å². The Hall–Kier alpha value is -2.89. The van der Waals surface area contributed by atoms with E-state index in [1.165, 1.54) is 5.56 Å². The number of carbonyl (C=O) groups excluding carboxylic acids is 1. The summed E-state index contributed by atoms with van der Waals surface area (Å²) in [6.07, 6.45) is 0. The van der Waals surface area contributed by atoms with Gasteiger partial charge >= 0.3 is 6.03 Å². The lowest BCUT2D eigenvalue weighted by Crippen LogP contribution is -2.50. The van der Waals surface area contributed by atoms with Crippen LogP contribution in [-0.4, -0.2) is 50.3 Å². The summed E-state index contributed by atoms with van der Waals surface area (Å²) in [7, 11) is 0. The maximum absolute atomic E-state index is 12.9. The lowest BCUT2D eigenvalue weighted by Gasteiger charge is -2.36. The Labute approximate surface area is 172 Å². The number of carbonyl (C=O) groups is 1. The molecule has 0 bridgehead atoms. The highest BCUT2D eigenvalue weighted by Gasteiger charge is 2.24. The first-order chi connectivity index (χ1) is 14.0. The molecule has 0 atom stereocenters. The summed E-state index contributed by atoms with van der Waals surface area (Å²) in [5.74, 6) is 1.96. The van der Waals surface area contributed by atoms with E-state index in [0.29, 0.717) is 32.2 Å². The van der Waals surface area contributed by atoms with E-state index in [9.17, 15) is 4.79 Å². The molecule has 0 spiro atoms. The second kappa shape index (κ2) is 8.23. The number of fused-ring (bicyclic) bond motifs is 1. The molecular formula is C23H29N3O3. The molecule has 2 aliphatic heterocycles. The van der Waals surface area contributed by atoms with E-state index in [-0.39, 0.29) is 6.03 Å². The average molecular weight is 396 g/mol. The van der Waals surface area contributed by atoms with Crippen LogP contribution >= 0.6 is 0 Å². The Morgan fingerprint density at radius 3 is 2.45 bits per heavy atom. The zero-order chi connectivity index (χ0) is 20.4. The zero-order valence-electron chi connectivity index (χ0n) is 17.4. The molecule has 2 aromatic carbocycles. The number of urea groups is 1. The van der Waals surface area contributed by atoms with Gasteiger partial charge in [0, 0.05) is 43.6 Å². The Balaban J connectivity index is 1.39. The molecule has 2 aromatic rings. The molecule has 154 valence electrons. The molecule has 0 aromatic heterocycles. The summed E-state index contributed by atoms with van der Waals surface area (Å²) in [6.45, 7) is 10.5. The van der Waals surface area contributed by atoms with Crippen molar-refractivity contribution in [2.45, 2.75) is 26.7 Å². The van der Waals surface area contributed by atoms with Crippen molar-refractivity contribution in [2.24, 2.45) is 0 Å². The van der Waals surface area contributed by atoms with Gasteiger partial charge in [-0.2, -0.15) is 0 Å². The molecule has 4 rings (SSSR count). The average Bonchev–Trinajstić information content (AvgIpc) is 2.74. The number of piperazine rings is 1. The van der Waals surface area contributed by atoms with Crippen molar-refractivity contribution in [1.29, 1.82) is 0 Å². The highest BCUT2D eigenvalue weighted by Crippen LogP contribution is 2.34. The Morgan fingerprint density at radius 1 is 1.00 bits per heavy atom. The number of amides is 2. The molecule has 1 N–H and O–H groups in total. The van der Waals surface area contributed by atoms with Crippen LogP contribution in [0.25, 0.3) is 0 Å². The molecule has 2 heterocycles. The van der Waals surface area contributed by atoms with Gasteiger partial charge in [0.15, 0.2) is 11.5 Å². The van der Waals surface area contributed by atoms with Crippen molar-refractivity contribution in [3.63, 3.8) is 0 Å². The van der Waals surface area contributed by atoms with Gasteiger partial charge in [-0.3, -0.25) is 0 Å². The minimum atomic E-state index is -0.0250. The highest BCUT2D eigenvalue weighted by molar-refractivity contribution is 5.91. The number of benzene rings is 2. The van der Waals surface area contributed by atoms with Gasteiger partial charge in [-0.1, -0.05) is 32.0 Å². The predicted molar refractivity (Wildman–Crippen MR) is 116 cm³/mol. The fourth-order valence-corrected chi connectivity index (χ4v) is 3.92. The standard InChI is InChI=1S/C23H29N3O3/c1-16(2)19-6-4-5-17(3)22(19)24-23(27)26-11-9-25(10-12-26)18-7-8-20-21(15-18)29-14-13-28-20/h4-8,15-16H,9-14H2,1-3H3,(H,24,27). The lowest BCUT2D eigenvalue weighted by molar-refractivity contribution is 0.171. The molecule has 1 fully saturated rings. The van der Waals surface area contributed by atoms with Gasteiger partial charge in [-0.15, -0.1) is 0 Å². The summed E-state index contributed by atoms with van der Waals surface area (Å²) in [4.78, 5) is 17.1. The van der Waals surface area contributed by atoms with E-state index in [0.717, 1.165) is 41.5 Å². The Kier molecular flexibility index (Phi) is 5.51. The predicted octanol–water partition coefficient (Wildman–Crippen LogP) is 4.24. The molecule has 1 saturated heterocycles. The number of para-hydroxylation sites is 1. The summed E-state index contributed by atoms with van der Waals surface area (Å²) in [6, 6.07) is 12.2. The van der Waals surface area contributed by atoms with Crippen LogP contribution in [0, 0.1) is 6.92 Å². The van der Waals surface area contributed by atoms with Crippen molar-refractivity contribution in [1.82, 2.24) is 4.90 Å². The zero-order valence-corrected chi connectivity index (χ0v) is 17.4. The van der Waals surface area contributed by atoms with Crippen LogP contribution in [0.3, 0.4) is 0 Å². The van der Waals surface area contributed by atoms with Gasteiger partial charge in [-0.25, -0.2) is 4.79 Å². The molecule has 6 heteroatoms. The lowest BCUT2D eigenvalue weighted by atomic mass is 9.98. The van der Waals surface area contributed by atoms with Crippen molar-refractivity contribution < 1.29 is 14.3 Å². The van der Waals surface area contributed by atoms with Crippen LogP contribution in [0.4, 0.5) is 16.2 Å². The van der Waals surface area contributed by atoms with Gasteiger partial charge < -0.3 is 24.6 Å². The Morgan fingerprint density at radius 2 is 1.72 bits per heavy atom. The number of rotatable bonds is 3. The van der Waals surface area contributed by atoms with Crippen LogP contribution in [0.2, 0.25) is 0 Å². The largest absolute Gasteiger partial charge is 0.486 e. The molecule has 2 amide bonds. The normalized spacial score (nSPS) is 16.1. The summed E-state index contributed by atoms with van der Waals surface area (Å²) >= 11 is 0. The third-order valence-electron chi connectivity index (χ3n) is 5.62. The van der Waals surface area contributed by atoms with Gasteiger partial charge in [0.25, 0.3) is 0 Å².